The van der Waals surface area contributed by atoms with Crippen molar-refractivity contribution in [3.63, 3.8) is 0 Å². The summed E-state index contributed by atoms with van der Waals surface area (Å²) in [6.45, 7) is 8.00. The van der Waals surface area contributed by atoms with Gasteiger partial charge in [0.1, 0.15) is 11.5 Å². The minimum atomic E-state index is 0.0814. The maximum Gasteiger partial charge on any atom is 0.171 e. The summed E-state index contributed by atoms with van der Waals surface area (Å²) in [5.74, 6) is 0. The summed E-state index contributed by atoms with van der Waals surface area (Å²) in [6, 6.07) is 1.67. The van der Waals surface area contributed by atoms with E-state index in [1.165, 1.54) is 10.3 Å². The van der Waals surface area contributed by atoms with Crippen molar-refractivity contribution in [2.45, 2.75) is 27.7 Å². The zero-order valence-electron chi connectivity index (χ0n) is 9.74. The smallest absolute Gasteiger partial charge is 0.171 e. The van der Waals surface area contributed by atoms with Gasteiger partial charge >= 0.3 is 0 Å². The van der Waals surface area contributed by atoms with Crippen LogP contribution in [0.3, 0.4) is 0 Å². The van der Waals surface area contributed by atoms with Crippen LogP contribution in [0.25, 0.3) is 11.0 Å². The van der Waals surface area contributed by atoms with E-state index in [0.29, 0.717) is 16.2 Å². The molecule has 16 heavy (non-hydrogen) atoms. The van der Waals surface area contributed by atoms with Gasteiger partial charge in [-0.15, -0.1) is 3.89 Å². The van der Waals surface area contributed by atoms with Crippen molar-refractivity contribution >= 4 is 35.0 Å². The summed E-state index contributed by atoms with van der Waals surface area (Å²) in [4.78, 5) is 7.64. The molecule has 0 atom stereocenters. The van der Waals surface area contributed by atoms with E-state index >= 15 is 0 Å². The van der Waals surface area contributed by atoms with Crippen LogP contribution in [-0.4, -0.2) is 13.9 Å². The Morgan fingerprint density at radius 1 is 1.25 bits per heavy atom. The Kier molecular flexibility index (Phi) is 7.93. The lowest BCUT2D eigenvalue weighted by Gasteiger charge is -1.94. The number of hydrogen-bond donors (Lipinski definition) is 0. The predicted octanol–water partition coefficient (Wildman–Crippen LogP) is 4.52. The highest BCUT2D eigenvalue weighted by Gasteiger charge is 2.05. The van der Waals surface area contributed by atoms with E-state index in [0.717, 1.165) is 0 Å². The molecule has 0 aromatic carbocycles. The van der Waals surface area contributed by atoms with Crippen LogP contribution in [-0.2, 0) is 0 Å². The first-order valence-corrected chi connectivity index (χ1v) is 6.15. The molecule has 2 aromatic heterocycles. The highest BCUT2D eigenvalue weighted by molar-refractivity contribution is 7.92. The third kappa shape index (κ3) is 3.35. The fourth-order valence-corrected chi connectivity index (χ4v) is 1.46. The topological polar surface area (TPSA) is 30.7 Å². The van der Waals surface area contributed by atoms with E-state index in [1.807, 2.05) is 27.7 Å². The predicted molar refractivity (Wildman–Crippen MR) is 69.3 cm³/mol. The van der Waals surface area contributed by atoms with Gasteiger partial charge in [0, 0.05) is 6.20 Å². The minimum absolute atomic E-state index is 0.0814. The molecular weight excluding hydrogens is 249 g/mol. The molecule has 0 aliphatic carbocycles. The van der Waals surface area contributed by atoms with Crippen molar-refractivity contribution in [2.75, 3.05) is 0 Å². The zero-order valence-corrected chi connectivity index (χ0v) is 11.3. The molecule has 0 saturated carbocycles. The molecule has 0 bridgehead atoms. The molecule has 0 N–H and O–H groups in total. The van der Waals surface area contributed by atoms with Gasteiger partial charge in [-0.25, -0.2) is 13.9 Å². The van der Waals surface area contributed by atoms with E-state index in [-0.39, 0.29) is 12.3 Å². The van der Waals surface area contributed by atoms with Crippen molar-refractivity contribution in [1.29, 1.82) is 0 Å². The van der Waals surface area contributed by atoms with Gasteiger partial charge in [0.2, 0.25) is 0 Å². The summed E-state index contributed by atoms with van der Waals surface area (Å²) in [6.07, 6.45) is 2.85. The fourth-order valence-electron chi connectivity index (χ4n) is 0.953. The fraction of sp³-hybridized carbons (Fsp3) is 0.400. The minimum Gasteiger partial charge on any atom is -0.247 e. The number of aromatic nitrogens is 3. The normalized spacial score (nSPS) is 8.88. The van der Waals surface area contributed by atoms with Gasteiger partial charge in [0.05, 0.1) is 5.39 Å². The van der Waals surface area contributed by atoms with E-state index in [4.69, 9.17) is 11.6 Å². The Bertz CT molecular complexity index is 419. The first-order chi connectivity index (χ1) is 7.83. The summed E-state index contributed by atoms with van der Waals surface area (Å²) < 4.78 is 13.5. The van der Waals surface area contributed by atoms with E-state index < -0.39 is 0 Å². The first-order valence-electron chi connectivity index (χ1n) is 5.09. The highest BCUT2D eigenvalue weighted by Crippen LogP contribution is 2.23. The Labute approximate surface area is 104 Å². The van der Waals surface area contributed by atoms with Crippen LogP contribution >= 0.6 is 23.9 Å². The van der Waals surface area contributed by atoms with Crippen molar-refractivity contribution in [2.24, 2.45) is 0 Å². The monoisotopic (exact) mass is 263 g/mol. The molecule has 0 amide bonds. The van der Waals surface area contributed by atoms with Crippen LogP contribution in [0.4, 0.5) is 3.89 Å². The number of hydrogen-bond acceptors (Lipinski definition) is 3. The van der Waals surface area contributed by atoms with Crippen molar-refractivity contribution in [3.8, 4) is 0 Å². The number of fused-ring (bicyclic) bond motifs is 1. The largest absolute Gasteiger partial charge is 0.247 e. The maximum atomic E-state index is 12.2. The Balaban J connectivity index is 0.000000509. The number of rotatable bonds is 1. The first kappa shape index (κ1) is 15.2. The third-order valence-corrected chi connectivity index (χ3v) is 2.22. The molecule has 2 heterocycles. The Hall–Kier alpha value is -0.810. The number of halogens is 2. The number of nitrogens with zero attached hydrogens (tertiary/aromatic N) is 3. The molecule has 0 spiro atoms. The maximum absolute atomic E-state index is 12.2. The average Bonchev–Trinajstić information content (AvgIpc) is 2.79. The Morgan fingerprint density at radius 3 is 2.44 bits per heavy atom. The molecule has 2 aromatic rings. The van der Waals surface area contributed by atoms with E-state index in [9.17, 15) is 3.89 Å². The molecule has 2 rings (SSSR count). The third-order valence-electron chi connectivity index (χ3n) is 1.47. The Morgan fingerprint density at radius 2 is 1.88 bits per heavy atom. The van der Waals surface area contributed by atoms with Gasteiger partial charge in [0.25, 0.3) is 0 Å². The van der Waals surface area contributed by atoms with Crippen molar-refractivity contribution < 1.29 is 3.89 Å². The van der Waals surface area contributed by atoms with Gasteiger partial charge in [0.15, 0.2) is 18.0 Å². The van der Waals surface area contributed by atoms with Gasteiger partial charge in [-0.1, -0.05) is 39.3 Å². The lowest BCUT2D eigenvalue weighted by Crippen LogP contribution is -1.85. The molecule has 3 nitrogen and oxygen atoms in total. The molecule has 0 radical (unpaired) electrons. The lowest BCUT2D eigenvalue weighted by atomic mass is 10.4. The lowest BCUT2D eigenvalue weighted by molar-refractivity contribution is 0.919. The van der Waals surface area contributed by atoms with Crippen LogP contribution in [0.5, 0.6) is 0 Å². The molecular formula is C10H15ClFN3S. The molecule has 6 heteroatoms. The average molecular weight is 264 g/mol. The second-order valence-electron chi connectivity index (χ2n) is 2.11. The standard InChI is InChI=1S/C6H3ClFN3S.2C2H6/c7-5-4-1-2-11(12-8)6(4)10-3-9-5;2*1-2/h1-3H;2*1-2H3. The van der Waals surface area contributed by atoms with E-state index in [1.54, 1.807) is 12.3 Å². The molecule has 0 aliphatic heterocycles. The summed E-state index contributed by atoms with van der Waals surface area (Å²) in [7, 11) is 0. The second kappa shape index (κ2) is 8.35. The van der Waals surface area contributed by atoms with Gasteiger partial charge in [-0.05, 0) is 6.07 Å². The van der Waals surface area contributed by atoms with Crippen LogP contribution in [0, 0.1) is 0 Å². The summed E-state index contributed by atoms with van der Waals surface area (Å²) in [5.41, 5.74) is 0.488. The van der Waals surface area contributed by atoms with Gasteiger partial charge < -0.3 is 0 Å². The molecule has 0 fully saturated rings. The molecule has 0 unspecified atom stereocenters. The SMILES string of the molecule is CC.CC.FSn1ccc2c(Cl)ncnc21. The van der Waals surface area contributed by atoms with Gasteiger partial charge in [-0.3, -0.25) is 0 Å². The molecule has 90 valence electrons. The zero-order chi connectivity index (χ0) is 12.6. The van der Waals surface area contributed by atoms with Crippen molar-refractivity contribution in [3.05, 3.63) is 23.7 Å². The van der Waals surface area contributed by atoms with Crippen LogP contribution in [0.2, 0.25) is 5.15 Å². The second-order valence-corrected chi connectivity index (χ2v) is 3.00. The molecule has 0 aliphatic rings. The van der Waals surface area contributed by atoms with Crippen LogP contribution in [0.1, 0.15) is 27.7 Å². The van der Waals surface area contributed by atoms with Gasteiger partial charge in [-0.2, -0.15) is 0 Å². The van der Waals surface area contributed by atoms with E-state index in [2.05, 4.69) is 9.97 Å². The van der Waals surface area contributed by atoms with Crippen molar-refractivity contribution in [1.82, 2.24) is 13.9 Å². The summed E-state index contributed by atoms with van der Waals surface area (Å²) >= 11 is 5.81. The highest BCUT2D eigenvalue weighted by atomic mass is 35.5. The van der Waals surface area contributed by atoms with Crippen LogP contribution in [0.15, 0.2) is 18.6 Å². The quantitative estimate of drug-likeness (QED) is 0.709. The van der Waals surface area contributed by atoms with Crippen LogP contribution < -0.4 is 0 Å². The molecule has 0 saturated heterocycles. The summed E-state index contributed by atoms with van der Waals surface area (Å²) in [5, 5.41) is 0.997.